The van der Waals surface area contributed by atoms with Gasteiger partial charge >= 0.3 is 12.1 Å². The second-order valence-electron chi connectivity index (χ2n) is 12.2. The highest BCUT2D eigenvalue weighted by Crippen LogP contribution is 2.27. The molecular formula is C28H51N3O7. The quantitative estimate of drug-likeness (QED) is 0.224. The number of carboxylic acids is 1. The van der Waals surface area contributed by atoms with Crippen LogP contribution in [0.2, 0.25) is 0 Å². The molecular weight excluding hydrogens is 490 g/mol. The van der Waals surface area contributed by atoms with Crippen molar-refractivity contribution in [2.24, 2.45) is 17.8 Å². The Morgan fingerprint density at radius 3 is 2.05 bits per heavy atom. The molecule has 0 heterocycles. The summed E-state index contributed by atoms with van der Waals surface area (Å²) in [6, 6.07) is -2.56. The van der Waals surface area contributed by atoms with E-state index in [2.05, 4.69) is 16.0 Å². The van der Waals surface area contributed by atoms with Crippen molar-refractivity contribution in [3.8, 4) is 0 Å². The molecule has 3 amide bonds. The van der Waals surface area contributed by atoms with Crippen molar-refractivity contribution in [1.82, 2.24) is 16.0 Å². The molecule has 1 rings (SSSR count). The summed E-state index contributed by atoms with van der Waals surface area (Å²) in [5, 5.41) is 27.9. The van der Waals surface area contributed by atoms with Crippen molar-refractivity contribution in [2.45, 2.75) is 136 Å². The van der Waals surface area contributed by atoms with Gasteiger partial charge in [0, 0.05) is 0 Å². The summed E-state index contributed by atoms with van der Waals surface area (Å²) in [7, 11) is 0. The summed E-state index contributed by atoms with van der Waals surface area (Å²) in [5.74, 6) is -1.98. The molecule has 0 radical (unpaired) electrons. The highest BCUT2D eigenvalue weighted by atomic mass is 16.6. The highest BCUT2D eigenvalue weighted by molar-refractivity contribution is 5.91. The Balaban J connectivity index is 3.09. The number of amides is 3. The first-order valence-electron chi connectivity index (χ1n) is 14.1. The predicted molar refractivity (Wildman–Crippen MR) is 145 cm³/mol. The molecule has 0 aliphatic heterocycles. The van der Waals surface area contributed by atoms with Gasteiger partial charge in [0.2, 0.25) is 11.8 Å². The molecule has 220 valence electrons. The van der Waals surface area contributed by atoms with E-state index in [1.807, 2.05) is 27.7 Å². The van der Waals surface area contributed by atoms with E-state index >= 15 is 0 Å². The Morgan fingerprint density at radius 1 is 0.947 bits per heavy atom. The lowest BCUT2D eigenvalue weighted by molar-refractivity contribution is -0.140. The van der Waals surface area contributed by atoms with Gasteiger partial charge in [-0.25, -0.2) is 4.79 Å². The third-order valence-electron chi connectivity index (χ3n) is 7.00. The fourth-order valence-corrected chi connectivity index (χ4v) is 4.81. The SMILES string of the molecule is CC[C@H](C)[C@H](NC(=O)[C@H](CC1CCCCC1)NC(=O)OC(C)(C)C)C(=O)N[C@@H](CC(C)C)[C@@H](O)CC(=O)O. The maximum atomic E-state index is 13.5. The third-order valence-corrected chi connectivity index (χ3v) is 7.00. The Hall–Kier alpha value is -2.36. The smallest absolute Gasteiger partial charge is 0.408 e. The number of carboxylic acid groups (broad SMARTS) is 1. The molecule has 1 saturated carbocycles. The summed E-state index contributed by atoms with van der Waals surface area (Å²) >= 11 is 0. The maximum absolute atomic E-state index is 13.5. The van der Waals surface area contributed by atoms with E-state index in [1.165, 1.54) is 0 Å². The predicted octanol–water partition coefficient (Wildman–Crippen LogP) is 3.75. The van der Waals surface area contributed by atoms with Crippen molar-refractivity contribution >= 4 is 23.9 Å². The van der Waals surface area contributed by atoms with Crippen LogP contribution < -0.4 is 16.0 Å². The average Bonchev–Trinajstić information content (AvgIpc) is 2.79. The van der Waals surface area contributed by atoms with Crippen LogP contribution in [0.4, 0.5) is 4.79 Å². The van der Waals surface area contributed by atoms with E-state index in [0.29, 0.717) is 19.3 Å². The Bertz CT molecular complexity index is 775. The van der Waals surface area contributed by atoms with Gasteiger partial charge in [0.05, 0.1) is 18.6 Å². The number of aliphatic hydroxyl groups excluding tert-OH is 1. The summed E-state index contributed by atoms with van der Waals surface area (Å²) in [6.07, 6.45) is 4.26. The number of carbonyl (C=O) groups excluding carboxylic acids is 3. The minimum atomic E-state index is -1.26. The van der Waals surface area contributed by atoms with Crippen LogP contribution in [-0.2, 0) is 19.1 Å². The van der Waals surface area contributed by atoms with Crippen molar-refractivity contribution in [2.75, 3.05) is 0 Å². The number of alkyl carbamates (subject to hydrolysis) is 1. The number of nitrogens with one attached hydrogen (secondary N) is 3. The topological polar surface area (TPSA) is 154 Å². The molecule has 10 heteroatoms. The van der Waals surface area contributed by atoms with Crippen LogP contribution in [0.3, 0.4) is 0 Å². The zero-order valence-corrected chi connectivity index (χ0v) is 24.3. The van der Waals surface area contributed by atoms with E-state index in [4.69, 9.17) is 9.84 Å². The van der Waals surface area contributed by atoms with Crippen LogP contribution >= 0.6 is 0 Å². The summed E-state index contributed by atoms with van der Waals surface area (Å²) in [4.78, 5) is 50.6. The van der Waals surface area contributed by atoms with Gasteiger partial charge in [0.1, 0.15) is 17.7 Å². The Kier molecular flexibility index (Phi) is 14.1. The first-order chi connectivity index (χ1) is 17.6. The fourth-order valence-electron chi connectivity index (χ4n) is 4.81. The molecule has 5 N–H and O–H groups in total. The van der Waals surface area contributed by atoms with Crippen molar-refractivity contribution in [3.05, 3.63) is 0 Å². The minimum absolute atomic E-state index is 0.0956. The van der Waals surface area contributed by atoms with Gasteiger partial charge in [-0.2, -0.15) is 0 Å². The van der Waals surface area contributed by atoms with Gasteiger partial charge < -0.3 is 30.9 Å². The van der Waals surface area contributed by atoms with Gasteiger partial charge in [-0.15, -0.1) is 0 Å². The third kappa shape index (κ3) is 12.9. The van der Waals surface area contributed by atoms with Crippen LogP contribution in [0.1, 0.15) is 106 Å². The number of aliphatic hydroxyl groups is 1. The van der Waals surface area contributed by atoms with Crippen molar-refractivity contribution in [3.63, 3.8) is 0 Å². The monoisotopic (exact) mass is 541 g/mol. The molecule has 0 unspecified atom stereocenters. The zero-order valence-electron chi connectivity index (χ0n) is 24.3. The van der Waals surface area contributed by atoms with Crippen LogP contribution in [0.25, 0.3) is 0 Å². The first-order valence-corrected chi connectivity index (χ1v) is 14.1. The van der Waals surface area contributed by atoms with E-state index in [1.54, 1.807) is 20.8 Å². The molecule has 0 aromatic heterocycles. The van der Waals surface area contributed by atoms with Crippen LogP contribution in [-0.4, -0.2) is 63.9 Å². The summed E-state index contributed by atoms with van der Waals surface area (Å²) < 4.78 is 5.39. The molecule has 0 saturated heterocycles. The summed E-state index contributed by atoms with van der Waals surface area (Å²) in [6.45, 7) is 12.8. The van der Waals surface area contributed by atoms with E-state index in [-0.39, 0.29) is 17.8 Å². The largest absolute Gasteiger partial charge is 0.481 e. The van der Waals surface area contributed by atoms with Gasteiger partial charge in [0.15, 0.2) is 0 Å². The van der Waals surface area contributed by atoms with Crippen molar-refractivity contribution in [1.29, 1.82) is 0 Å². The second-order valence-corrected chi connectivity index (χ2v) is 12.2. The first kappa shape index (κ1) is 33.7. The second kappa shape index (κ2) is 15.9. The van der Waals surface area contributed by atoms with Gasteiger partial charge in [-0.1, -0.05) is 66.2 Å². The molecule has 0 spiro atoms. The molecule has 5 atom stereocenters. The number of ether oxygens (including phenoxy) is 1. The molecule has 1 fully saturated rings. The van der Waals surface area contributed by atoms with Crippen LogP contribution in [0.5, 0.6) is 0 Å². The Labute approximate surface area is 228 Å². The van der Waals surface area contributed by atoms with E-state index in [0.717, 1.165) is 32.1 Å². The van der Waals surface area contributed by atoms with E-state index in [9.17, 15) is 24.3 Å². The molecule has 1 aliphatic carbocycles. The molecule has 0 aromatic carbocycles. The molecule has 1 aliphatic rings. The van der Waals surface area contributed by atoms with Gasteiger partial charge in [0.25, 0.3) is 0 Å². The molecule has 0 bridgehead atoms. The van der Waals surface area contributed by atoms with Gasteiger partial charge in [-0.3, -0.25) is 14.4 Å². The minimum Gasteiger partial charge on any atom is -0.481 e. The normalized spacial score (nSPS) is 18.6. The number of hydrogen-bond donors (Lipinski definition) is 5. The number of aliphatic carboxylic acids is 1. The number of rotatable bonds is 14. The lowest BCUT2D eigenvalue weighted by Crippen LogP contribution is -2.58. The summed E-state index contributed by atoms with van der Waals surface area (Å²) in [5.41, 5.74) is -0.725. The number of hydrogen-bond acceptors (Lipinski definition) is 6. The zero-order chi connectivity index (χ0) is 29.0. The van der Waals surface area contributed by atoms with Crippen LogP contribution in [0.15, 0.2) is 0 Å². The molecule has 0 aromatic rings. The Morgan fingerprint density at radius 2 is 1.55 bits per heavy atom. The molecule has 38 heavy (non-hydrogen) atoms. The maximum Gasteiger partial charge on any atom is 0.408 e. The number of carbonyl (C=O) groups is 4. The average molecular weight is 542 g/mol. The van der Waals surface area contributed by atoms with Crippen molar-refractivity contribution < 1.29 is 34.1 Å². The lowest BCUT2D eigenvalue weighted by atomic mass is 9.84. The standard InChI is InChI=1S/C28H51N3O7/c1-8-18(4)24(26(36)29-20(14-17(2)3)22(32)16-23(33)34)31-25(35)21(15-19-12-10-9-11-13-19)30-27(37)38-28(5,6)7/h17-22,24,32H,8-16H2,1-7H3,(H,29,36)(H,30,37)(H,31,35)(H,33,34)/t18-,20-,21-,22-,24-/m0/s1. The fraction of sp³-hybridized carbons (Fsp3) is 0.857. The lowest BCUT2D eigenvalue weighted by Gasteiger charge is -2.32. The molecule has 10 nitrogen and oxygen atoms in total. The van der Waals surface area contributed by atoms with Gasteiger partial charge in [-0.05, 0) is 51.4 Å². The van der Waals surface area contributed by atoms with E-state index < -0.39 is 60.1 Å². The highest BCUT2D eigenvalue weighted by Gasteiger charge is 2.34. The van der Waals surface area contributed by atoms with Crippen LogP contribution in [0, 0.1) is 17.8 Å².